The summed E-state index contributed by atoms with van der Waals surface area (Å²) in [7, 11) is -3.38. The van der Waals surface area contributed by atoms with Crippen LogP contribution in [0.1, 0.15) is 20.3 Å². The third kappa shape index (κ3) is 4.52. The number of nitrogen functional groups attached to an aromatic ring is 1. The van der Waals surface area contributed by atoms with Crippen molar-refractivity contribution < 1.29 is 13.5 Å². The van der Waals surface area contributed by atoms with Gasteiger partial charge in [-0.15, -0.1) is 0 Å². The first-order valence-corrected chi connectivity index (χ1v) is 7.04. The lowest BCUT2D eigenvalue weighted by Crippen LogP contribution is -2.18. The maximum Gasteiger partial charge on any atom is 0.232 e. The van der Waals surface area contributed by atoms with Gasteiger partial charge in [-0.25, -0.2) is 8.42 Å². The van der Waals surface area contributed by atoms with Gasteiger partial charge < -0.3 is 10.8 Å². The van der Waals surface area contributed by atoms with Gasteiger partial charge >= 0.3 is 0 Å². The van der Waals surface area contributed by atoms with Crippen molar-refractivity contribution in [3.05, 3.63) is 18.2 Å². The predicted molar refractivity (Wildman–Crippen MR) is 69.4 cm³/mol. The van der Waals surface area contributed by atoms with Gasteiger partial charge in [0.2, 0.25) is 10.0 Å². The fourth-order valence-corrected chi connectivity index (χ4v) is 2.66. The van der Waals surface area contributed by atoms with Crippen LogP contribution in [0.4, 0.5) is 11.4 Å². The second-order valence-corrected chi connectivity index (χ2v) is 6.22. The number of aromatic hydroxyl groups is 1. The topological polar surface area (TPSA) is 92.4 Å². The summed E-state index contributed by atoms with van der Waals surface area (Å²) in [5.41, 5.74) is 6.10. The highest BCUT2D eigenvalue weighted by Crippen LogP contribution is 2.24. The Bertz CT molecular complexity index is 483. The van der Waals surface area contributed by atoms with Gasteiger partial charge in [0.05, 0.1) is 17.1 Å². The first-order valence-electron chi connectivity index (χ1n) is 5.39. The normalized spacial score (nSPS) is 11.7. The molecule has 17 heavy (non-hydrogen) atoms. The third-order valence-corrected chi connectivity index (χ3v) is 3.57. The molecule has 0 atom stereocenters. The number of phenolic OH excluding ortho intramolecular Hbond substituents is 1. The van der Waals surface area contributed by atoms with Crippen LogP contribution in [0, 0.1) is 5.92 Å². The predicted octanol–water partition coefficient (Wildman–Crippen LogP) is 1.76. The van der Waals surface area contributed by atoms with Gasteiger partial charge in [-0.1, -0.05) is 13.8 Å². The molecule has 5 nitrogen and oxygen atoms in total. The van der Waals surface area contributed by atoms with Crippen LogP contribution in [0.2, 0.25) is 0 Å². The largest absolute Gasteiger partial charge is 0.508 e. The number of benzene rings is 1. The molecule has 1 aromatic rings. The van der Waals surface area contributed by atoms with Gasteiger partial charge in [0.25, 0.3) is 0 Å². The van der Waals surface area contributed by atoms with Crippen molar-refractivity contribution >= 4 is 21.4 Å². The van der Waals surface area contributed by atoms with Crippen molar-refractivity contribution in [3.63, 3.8) is 0 Å². The van der Waals surface area contributed by atoms with Crippen LogP contribution in [0.15, 0.2) is 18.2 Å². The fraction of sp³-hybridized carbons (Fsp3) is 0.455. The van der Waals surface area contributed by atoms with Crippen molar-refractivity contribution in [1.82, 2.24) is 0 Å². The van der Waals surface area contributed by atoms with Gasteiger partial charge in [-0.3, -0.25) is 4.72 Å². The highest BCUT2D eigenvalue weighted by atomic mass is 32.2. The monoisotopic (exact) mass is 258 g/mol. The van der Waals surface area contributed by atoms with E-state index in [1.165, 1.54) is 18.2 Å². The zero-order valence-corrected chi connectivity index (χ0v) is 10.8. The second-order valence-electron chi connectivity index (χ2n) is 4.38. The minimum Gasteiger partial charge on any atom is -0.508 e. The molecule has 0 radical (unpaired) electrons. The average molecular weight is 258 g/mol. The number of hydrogen-bond acceptors (Lipinski definition) is 4. The minimum atomic E-state index is -3.38. The van der Waals surface area contributed by atoms with Crippen LogP contribution in [0.5, 0.6) is 5.75 Å². The smallest absolute Gasteiger partial charge is 0.232 e. The van der Waals surface area contributed by atoms with Crippen LogP contribution in [0.25, 0.3) is 0 Å². The molecule has 1 aromatic carbocycles. The summed E-state index contributed by atoms with van der Waals surface area (Å²) in [5.74, 6) is 0.390. The molecule has 6 heteroatoms. The number of phenols is 1. The molecule has 0 aliphatic heterocycles. The summed E-state index contributed by atoms with van der Waals surface area (Å²) in [5, 5.41) is 9.15. The van der Waals surface area contributed by atoms with Crippen molar-refractivity contribution in [2.45, 2.75) is 20.3 Å². The number of nitrogens with two attached hydrogens (primary N) is 1. The Balaban J connectivity index is 2.76. The third-order valence-electron chi connectivity index (χ3n) is 2.26. The van der Waals surface area contributed by atoms with E-state index in [4.69, 9.17) is 10.8 Å². The Kier molecular flexibility index (Phi) is 4.22. The summed E-state index contributed by atoms with van der Waals surface area (Å²) in [6.45, 7) is 3.93. The highest BCUT2D eigenvalue weighted by molar-refractivity contribution is 7.92. The van der Waals surface area contributed by atoms with Gasteiger partial charge in [0.1, 0.15) is 5.75 Å². The quantitative estimate of drug-likeness (QED) is 0.554. The first-order chi connectivity index (χ1) is 7.80. The molecule has 0 aliphatic rings. The molecule has 0 saturated carbocycles. The minimum absolute atomic E-state index is 0.00706. The van der Waals surface area contributed by atoms with Gasteiger partial charge in [-0.2, -0.15) is 0 Å². The van der Waals surface area contributed by atoms with E-state index in [1.54, 1.807) is 0 Å². The lowest BCUT2D eigenvalue weighted by Gasteiger charge is -2.11. The Morgan fingerprint density at radius 1 is 1.41 bits per heavy atom. The number of rotatable bonds is 5. The molecule has 96 valence electrons. The zero-order chi connectivity index (χ0) is 13.1. The summed E-state index contributed by atoms with van der Waals surface area (Å²) < 4.78 is 25.8. The molecule has 4 N–H and O–H groups in total. The van der Waals surface area contributed by atoms with E-state index in [0.29, 0.717) is 18.0 Å². The molecule has 0 aromatic heterocycles. The Morgan fingerprint density at radius 2 is 2.06 bits per heavy atom. The van der Waals surface area contributed by atoms with Crippen LogP contribution in [0.3, 0.4) is 0 Å². The molecule has 0 heterocycles. The summed E-state index contributed by atoms with van der Waals surface area (Å²) in [6.07, 6.45) is 0.591. The lowest BCUT2D eigenvalue weighted by molar-refractivity contribution is 0.475. The lowest BCUT2D eigenvalue weighted by atomic mass is 10.2. The molecular formula is C11H18N2O3S. The van der Waals surface area contributed by atoms with Crippen LogP contribution >= 0.6 is 0 Å². The van der Waals surface area contributed by atoms with E-state index in [-0.39, 0.29) is 17.2 Å². The van der Waals surface area contributed by atoms with E-state index in [2.05, 4.69) is 4.72 Å². The van der Waals surface area contributed by atoms with E-state index < -0.39 is 10.0 Å². The maximum atomic E-state index is 11.7. The molecule has 0 fully saturated rings. The maximum absolute atomic E-state index is 11.7. The fourth-order valence-electron chi connectivity index (χ4n) is 1.25. The molecule has 0 amide bonds. The van der Waals surface area contributed by atoms with E-state index in [1.807, 2.05) is 13.8 Å². The first kappa shape index (κ1) is 13.6. The number of anilines is 2. The molecule has 0 bridgehead atoms. The Labute approximate surface area is 102 Å². The number of nitrogens with one attached hydrogen (secondary N) is 1. The Morgan fingerprint density at radius 3 is 2.59 bits per heavy atom. The summed E-state index contributed by atoms with van der Waals surface area (Å²) in [6, 6.07) is 4.13. The van der Waals surface area contributed by atoms with E-state index >= 15 is 0 Å². The van der Waals surface area contributed by atoms with Gasteiger partial charge in [0.15, 0.2) is 0 Å². The van der Waals surface area contributed by atoms with Crippen LogP contribution in [-0.4, -0.2) is 19.3 Å². The standard InChI is InChI=1S/C11H18N2O3S/c1-8(2)5-6-17(15,16)13-11-4-3-9(14)7-10(11)12/h3-4,7-8,13-14H,5-6,12H2,1-2H3. The number of hydrogen-bond donors (Lipinski definition) is 3. The second kappa shape index (κ2) is 5.27. The molecule has 0 unspecified atom stereocenters. The van der Waals surface area contributed by atoms with Crippen LogP contribution in [-0.2, 0) is 10.0 Å². The van der Waals surface area contributed by atoms with Gasteiger partial charge in [-0.05, 0) is 24.5 Å². The molecule has 1 rings (SSSR count). The summed E-state index contributed by atoms with van der Waals surface area (Å²) >= 11 is 0. The Hall–Kier alpha value is -1.43. The molecular weight excluding hydrogens is 240 g/mol. The zero-order valence-electron chi connectivity index (χ0n) is 9.97. The average Bonchev–Trinajstić information content (AvgIpc) is 2.20. The van der Waals surface area contributed by atoms with Gasteiger partial charge in [0, 0.05) is 6.07 Å². The van der Waals surface area contributed by atoms with Crippen molar-refractivity contribution in [3.8, 4) is 5.75 Å². The van der Waals surface area contributed by atoms with Crippen molar-refractivity contribution in [2.24, 2.45) is 5.92 Å². The van der Waals surface area contributed by atoms with Crippen molar-refractivity contribution in [2.75, 3.05) is 16.2 Å². The summed E-state index contributed by atoms with van der Waals surface area (Å²) in [4.78, 5) is 0. The van der Waals surface area contributed by atoms with E-state index in [0.717, 1.165) is 0 Å². The van der Waals surface area contributed by atoms with Crippen LogP contribution < -0.4 is 10.5 Å². The molecule has 0 aliphatic carbocycles. The molecule has 0 saturated heterocycles. The number of sulfonamides is 1. The highest BCUT2D eigenvalue weighted by Gasteiger charge is 2.13. The molecule has 0 spiro atoms. The van der Waals surface area contributed by atoms with Crippen molar-refractivity contribution in [1.29, 1.82) is 0 Å². The SMILES string of the molecule is CC(C)CCS(=O)(=O)Nc1ccc(O)cc1N. The van der Waals surface area contributed by atoms with E-state index in [9.17, 15) is 8.42 Å².